The molecule has 0 radical (unpaired) electrons. The maximum Gasteiger partial charge on any atom is 0.120 e. The van der Waals surface area contributed by atoms with Gasteiger partial charge in [0.1, 0.15) is 5.75 Å². The van der Waals surface area contributed by atoms with E-state index in [4.69, 9.17) is 16.3 Å². The van der Waals surface area contributed by atoms with E-state index in [-0.39, 0.29) is 0 Å². The highest BCUT2D eigenvalue weighted by Gasteiger charge is 2.23. The van der Waals surface area contributed by atoms with Crippen molar-refractivity contribution >= 4 is 11.6 Å². The van der Waals surface area contributed by atoms with Gasteiger partial charge in [-0.05, 0) is 62.1 Å². The van der Waals surface area contributed by atoms with Crippen molar-refractivity contribution in [1.82, 2.24) is 0 Å². The number of rotatable bonds is 10. The Bertz CT molecular complexity index is 520. The Morgan fingerprint density at radius 3 is 2.92 bits per heavy atom. The van der Waals surface area contributed by atoms with Crippen LogP contribution in [0, 0.1) is 11.8 Å². The lowest BCUT2D eigenvalue weighted by molar-refractivity contribution is 0.324. The predicted molar refractivity (Wildman–Crippen MR) is 105 cm³/mol. The normalized spacial score (nSPS) is 21.1. The molecule has 2 heteroatoms. The molecule has 2 atom stereocenters. The third-order valence-electron chi connectivity index (χ3n) is 4.78. The Balaban J connectivity index is 1.65. The van der Waals surface area contributed by atoms with Crippen molar-refractivity contribution in [1.29, 1.82) is 0 Å². The summed E-state index contributed by atoms with van der Waals surface area (Å²) < 4.78 is 5.73. The fourth-order valence-electron chi connectivity index (χ4n) is 3.39. The second kappa shape index (κ2) is 11.4. The van der Waals surface area contributed by atoms with E-state index >= 15 is 0 Å². The highest BCUT2D eigenvalue weighted by molar-refractivity contribution is 6.30. The minimum atomic E-state index is 0.713. The van der Waals surface area contributed by atoms with E-state index < -0.39 is 0 Å². The summed E-state index contributed by atoms with van der Waals surface area (Å²) in [6.45, 7) is 2.97. The predicted octanol–water partition coefficient (Wildman–Crippen LogP) is 7.22. The Morgan fingerprint density at radius 1 is 1.17 bits per heavy atom. The third kappa shape index (κ3) is 7.13. The topological polar surface area (TPSA) is 9.23 Å². The minimum Gasteiger partial charge on any atom is -0.493 e. The van der Waals surface area contributed by atoms with Crippen LogP contribution in [0.15, 0.2) is 48.6 Å². The third-order valence-corrected chi connectivity index (χ3v) is 5.02. The molecule has 1 aromatic rings. The zero-order valence-corrected chi connectivity index (χ0v) is 15.7. The summed E-state index contributed by atoms with van der Waals surface area (Å²) in [5.74, 6) is 2.45. The van der Waals surface area contributed by atoms with E-state index in [0.29, 0.717) is 6.61 Å². The molecular weight excluding hydrogens is 316 g/mol. The molecule has 0 aliphatic heterocycles. The number of benzene rings is 1. The van der Waals surface area contributed by atoms with E-state index in [9.17, 15) is 0 Å². The molecule has 1 aliphatic carbocycles. The molecule has 132 valence electrons. The van der Waals surface area contributed by atoms with Crippen molar-refractivity contribution in [2.24, 2.45) is 11.8 Å². The molecule has 1 fully saturated rings. The highest BCUT2D eigenvalue weighted by atomic mass is 35.5. The second-order valence-corrected chi connectivity index (χ2v) is 7.16. The molecule has 0 spiro atoms. The first-order chi connectivity index (χ1) is 11.8. The van der Waals surface area contributed by atoms with Crippen molar-refractivity contribution in [3.8, 4) is 5.75 Å². The standard InChI is InChI=1S/C22H31ClO/c1-2-3-4-5-6-11-19-13-9-14-20(19)12-7-8-17-24-22-16-10-15-21(23)18-22/h5-7,10,12,15-16,18-20H,2-4,8-9,11,13-14,17H2,1H3/b6-5-,12-7+. The maximum atomic E-state index is 5.96. The Labute approximate surface area is 152 Å². The molecule has 0 heterocycles. The first-order valence-corrected chi connectivity index (χ1v) is 9.87. The van der Waals surface area contributed by atoms with Gasteiger partial charge in [0, 0.05) is 5.02 Å². The molecule has 1 nitrogen and oxygen atoms in total. The van der Waals surface area contributed by atoms with Crippen molar-refractivity contribution in [3.05, 3.63) is 53.6 Å². The fourth-order valence-corrected chi connectivity index (χ4v) is 3.58. The van der Waals surface area contributed by atoms with Crippen LogP contribution in [-0.2, 0) is 0 Å². The Morgan fingerprint density at radius 2 is 2.08 bits per heavy atom. The van der Waals surface area contributed by atoms with Crippen LogP contribution in [0.25, 0.3) is 0 Å². The van der Waals surface area contributed by atoms with E-state index in [2.05, 4.69) is 31.2 Å². The monoisotopic (exact) mass is 346 g/mol. The molecular formula is C22H31ClO. The number of unbranched alkanes of at least 4 members (excludes halogenated alkanes) is 2. The first kappa shape index (κ1) is 19.1. The van der Waals surface area contributed by atoms with Crippen molar-refractivity contribution < 1.29 is 4.74 Å². The zero-order chi connectivity index (χ0) is 17.0. The maximum absolute atomic E-state index is 5.96. The summed E-state index contributed by atoms with van der Waals surface area (Å²) in [7, 11) is 0. The number of halogens is 1. The van der Waals surface area contributed by atoms with Crippen molar-refractivity contribution in [3.63, 3.8) is 0 Å². The number of hydrogen-bond acceptors (Lipinski definition) is 1. The Hall–Kier alpha value is -1.21. The molecule has 0 bridgehead atoms. The van der Waals surface area contributed by atoms with Crippen molar-refractivity contribution in [2.75, 3.05) is 6.61 Å². The SMILES string of the molecule is CCCC/C=C\CC1CCCC1/C=C/CCOc1cccc(Cl)c1. The van der Waals surface area contributed by atoms with Crippen LogP contribution in [0.3, 0.4) is 0 Å². The molecule has 0 amide bonds. The first-order valence-electron chi connectivity index (χ1n) is 9.49. The van der Waals surface area contributed by atoms with E-state index in [1.165, 1.54) is 44.9 Å². The van der Waals surface area contributed by atoms with Crippen molar-refractivity contribution in [2.45, 2.75) is 58.3 Å². The number of hydrogen-bond donors (Lipinski definition) is 0. The molecule has 2 rings (SSSR count). The lowest BCUT2D eigenvalue weighted by atomic mass is 9.92. The summed E-state index contributed by atoms with van der Waals surface area (Å²) >= 11 is 5.96. The smallest absolute Gasteiger partial charge is 0.120 e. The lowest BCUT2D eigenvalue weighted by Crippen LogP contribution is -2.04. The van der Waals surface area contributed by atoms with Gasteiger partial charge >= 0.3 is 0 Å². The summed E-state index contributed by atoms with van der Waals surface area (Å²) in [4.78, 5) is 0. The van der Waals surface area contributed by atoms with Gasteiger partial charge < -0.3 is 4.74 Å². The van der Waals surface area contributed by atoms with Gasteiger partial charge in [-0.1, -0.05) is 68.2 Å². The fraction of sp³-hybridized carbons (Fsp3) is 0.545. The van der Waals surface area contributed by atoms with E-state index in [1.54, 1.807) is 0 Å². The largest absolute Gasteiger partial charge is 0.493 e. The second-order valence-electron chi connectivity index (χ2n) is 6.73. The van der Waals surface area contributed by atoms with Crippen LogP contribution < -0.4 is 4.74 Å². The van der Waals surface area contributed by atoms with Gasteiger partial charge in [-0.15, -0.1) is 0 Å². The molecule has 0 aromatic heterocycles. The van der Waals surface area contributed by atoms with E-state index in [1.807, 2.05) is 24.3 Å². The average molecular weight is 347 g/mol. The van der Waals surface area contributed by atoms with Gasteiger partial charge in [0.05, 0.1) is 6.61 Å². The molecule has 0 N–H and O–H groups in total. The summed E-state index contributed by atoms with van der Waals surface area (Å²) in [6, 6.07) is 7.60. The van der Waals surface area contributed by atoms with Gasteiger partial charge in [0.15, 0.2) is 0 Å². The number of ether oxygens (including phenoxy) is 1. The van der Waals surface area contributed by atoms with Gasteiger partial charge in [-0.25, -0.2) is 0 Å². The van der Waals surface area contributed by atoms with Gasteiger partial charge in [0.2, 0.25) is 0 Å². The average Bonchev–Trinajstić information content (AvgIpc) is 3.02. The van der Waals surface area contributed by atoms with Crippen LogP contribution in [0.4, 0.5) is 0 Å². The minimum absolute atomic E-state index is 0.713. The van der Waals surface area contributed by atoms with Crippen LogP contribution in [0.1, 0.15) is 58.3 Å². The van der Waals surface area contributed by atoms with Crippen LogP contribution in [0.5, 0.6) is 5.75 Å². The van der Waals surface area contributed by atoms with Gasteiger partial charge in [-0.3, -0.25) is 0 Å². The summed E-state index contributed by atoms with van der Waals surface area (Å²) in [5.41, 5.74) is 0. The summed E-state index contributed by atoms with van der Waals surface area (Å²) in [6.07, 6.45) is 19.7. The molecule has 1 saturated carbocycles. The quantitative estimate of drug-likeness (QED) is 0.321. The van der Waals surface area contributed by atoms with Crippen LogP contribution in [0.2, 0.25) is 5.02 Å². The van der Waals surface area contributed by atoms with Gasteiger partial charge in [-0.2, -0.15) is 0 Å². The van der Waals surface area contributed by atoms with Crippen LogP contribution >= 0.6 is 11.6 Å². The zero-order valence-electron chi connectivity index (χ0n) is 14.9. The van der Waals surface area contributed by atoms with Crippen LogP contribution in [-0.4, -0.2) is 6.61 Å². The summed E-state index contributed by atoms with van der Waals surface area (Å²) in [5, 5.41) is 0.726. The van der Waals surface area contributed by atoms with E-state index in [0.717, 1.165) is 29.0 Å². The highest BCUT2D eigenvalue weighted by Crippen LogP contribution is 2.35. The molecule has 1 aromatic carbocycles. The Kier molecular flexibility index (Phi) is 9.05. The molecule has 2 unspecified atom stereocenters. The molecule has 1 aliphatic rings. The molecule has 0 saturated heterocycles. The van der Waals surface area contributed by atoms with Gasteiger partial charge in [0.25, 0.3) is 0 Å². The molecule has 24 heavy (non-hydrogen) atoms. The lowest BCUT2D eigenvalue weighted by Gasteiger charge is -2.14. The number of allylic oxidation sites excluding steroid dienone is 3.